The summed E-state index contributed by atoms with van der Waals surface area (Å²) in [6.07, 6.45) is -4.39. The van der Waals surface area contributed by atoms with E-state index in [1.54, 1.807) is 0 Å². The van der Waals surface area contributed by atoms with Gasteiger partial charge in [-0.05, 0) is 13.8 Å². The van der Waals surface area contributed by atoms with Crippen LogP contribution in [0, 0.1) is 0 Å². The summed E-state index contributed by atoms with van der Waals surface area (Å²) >= 11 is 0. The van der Waals surface area contributed by atoms with E-state index in [9.17, 15) is 18.0 Å². The highest BCUT2D eigenvalue weighted by molar-refractivity contribution is 5.72. The molecule has 0 aliphatic heterocycles. The number of nitrogens with two attached hydrogens (primary N) is 1. The molecule has 0 rings (SSSR count). The zero-order chi connectivity index (χ0) is 9.94. The summed E-state index contributed by atoms with van der Waals surface area (Å²) in [4.78, 5) is 11.0. The highest BCUT2D eigenvalue weighted by Gasteiger charge is 2.33. The highest BCUT2D eigenvalue weighted by Crippen LogP contribution is 2.17. The van der Waals surface area contributed by atoms with Crippen LogP contribution in [0.3, 0.4) is 0 Å². The second-order valence-corrected chi connectivity index (χ2v) is 2.68. The van der Waals surface area contributed by atoms with Crippen LogP contribution in [0.1, 0.15) is 13.8 Å². The molecular weight excluding hydrogens is 173 g/mol. The molecule has 0 saturated heterocycles. The molecule has 3 nitrogen and oxygen atoms in total. The Morgan fingerprint density at radius 1 is 1.50 bits per heavy atom. The topological polar surface area (TPSA) is 46.3 Å². The maximum absolute atomic E-state index is 11.8. The van der Waals surface area contributed by atoms with Crippen LogP contribution in [0.15, 0.2) is 0 Å². The summed E-state index contributed by atoms with van der Waals surface area (Å²) in [6.45, 7) is 1.65. The first-order chi connectivity index (χ1) is 5.24. The van der Waals surface area contributed by atoms with Crippen LogP contribution in [0.2, 0.25) is 0 Å². The lowest BCUT2D eigenvalue weighted by atomic mass is 10.3. The minimum atomic E-state index is -4.39. The second kappa shape index (κ2) is 3.64. The number of alkyl halides is 3. The molecule has 0 heterocycles. The summed E-state index contributed by atoms with van der Waals surface area (Å²) in [5, 5.41) is 0. The Morgan fingerprint density at radius 3 is 2.00 bits per heavy atom. The fourth-order valence-electron chi connectivity index (χ4n) is 0.708. The van der Waals surface area contributed by atoms with Gasteiger partial charge in [-0.2, -0.15) is 13.2 Å². The molecule has 0 aromatic heterocycles. The number of rotatable bonds is 2. The number of nitrogens with zero attached hydrogens (tertiary/aromatic N) is 1. The third kappa shape index (κ3) is 4.05. The number of carbonyl (C=O) groups excluding carboxylic acids is 1. The van der Waals surface area contributed by atoms with E-state index in [-0.39, 0.29) is 0 Å². The monoisotopic (exact) mass is 184 g/mol. The Kier molecular flexibility index (Phi) is 3.36. The Hall–Kier alpha value is -0.940. The molecule has 6 heteroatoms. The van der Waals surface area contributed by atoms with E-state index in [1.807, 2.05) is 0 Å². The molecule has 0 unspecified atom stereocenters. The molecule has 12 heavy (non-hydrogen) atoms. The van der Waals surface area contributed by atoms with Crippen LogP contribution in [-0.4, -0.2) is 29.7 Å². The van der Waals surface area contributed by atoms with Crippen LogP contribution < -0.4 is 5.73 Å². The molecule has 2 amide bonds. The molecule has 0 fully saturated rings. The second-order valence-electron chi connectivity index (χ2n) is 2.68. The normalized spacial score (nSPS) is 11.8. The fraction of sp³-hybridized carbons (Fsp3) is 0.833. The van der Waals surface area contributed by atoms with Crippen molar-refractivity contribution in [2.24, 2.45) is 5.73 Å². The highest BCUT2D eigenvalue weighted by atomic mass is 19.4. The van der Waals surface area contributed by atoms with Crippen molar-refractivity contribution in [1.29, 1.82) is 0 Å². The summed E-state index contributed by atoms with van der Waals surface area (Å²) in [5.41, 5.74) is 4.73. The van der Waals surface area contributed by atoms with Crippen molar-refractivity contribution in [2.45, 2.75) is 26.1 Å². The fourth-order valence-corrected chi connectivity index (χ4v) is 0.708. The van der Waals surface area contributed by atoms with Gasteiger partial charge in [0.15, 0.2) is 0 Å². The average Bonchev–Trinajstić information content (AvgIpc) is 1.79. The van der Waals surface area contributed by atoms with Gasteiger partial charge in [0.1, 0.15) is 6.54 Å². The first-order valence-electron chi connectivity index (χ1n) is 3.37. The number of hydrogen-bond donors (Lipinski definition) is 1. The van der Waals surface area contributed by atoms with Crippen molar-refractivity contribution < 1.29 is 18.0 Å². The van der Waals surface area contributed by atoms with E-state index in [0.717, 1.165) is 0 Å². The lowest BCUT2D eigenvalue weighted by Gasteiger charge is -2.25. The minimum Gasteiger partial charge on any atom is -0.351 e. The van der Waals surface area contributed by atoms with Gasteiger partial charge in [0.05, 0.1) is 0 Å². The van der Waals surface area contributed by atoms with Crippen LogP contribution in [-0.2, 0) is 0 Å². The van der Waals surface area contributed by atoms with Gasteiger partial charge >= 0.3 is 12.2 Å². The molecule has 0 bridgehead atoms. The van der Waals surface area contributed by atoms with Crippen molar-refractivity contribution >= 4 is 6.03 Å². The number of amides is 2. The van der Waals surface area contributed by atoms with E-state index >= 15 is 0 Å². The zero-order valence-corrected chi connectivity index (χ0v) is 6.85. The van der Waals surface area contributed by atoms with Crippen LogP contribution in [0.5, 0.6) is 0 Å². The first kappa shape index (κ1) is 11.1. The molecule has 0 aromatic rings. The molecule has 0 atom stereocenters. The van der Waals surface area contributed by atoms with Crippen molar-refractivity contribution in [2.75, 3.05) is 6.54 Å². The number of urea groups is 1. The number of carbonyl (C=O) groups is 1. The molecule has 0 radical (unpaired) electrons. The van der Waals surface area contributed by atoms with E-state index in [1.165, 1.54) is 13.8 Å². The Labute approximate surface area is 68.3 Å². The van der Waals surface area contributed by atoms with Gasteiger partial charge in [-0.1, -0.05) is 0 Å². The summed E-state index contributed by atoms with van der Waals surface area (Å²) in [5.74, 6) is 0. The molecule has 0 saturated carbocycles. The Morgan fingerprint density at radius 2 is 1.92 bits per heavy atom. The van der Waals surface area contributed by atoms with E-state index in [0.29, 0.717) is 4.90 Å². The van der Waals surface area contributed by atoms with Gasteiger partial charge in [-0.25, -0.2) is 4.79 Å². The zero-order valence-electron chi connectivity index (χ0n) is 6.85. The molecule has 0 spiro atoms. The molecule has 0 aliphatic rings. The third-order valence-corrected chi connectivity index (χ3v) is 1.26. The van der Waals surface area contributed by atoms with Gasteiger partial charge in [0, 0.05) is 6.04 Å². The van der Waals surface area contributed by atoms with Gasteiger partial charge < -0.3 is 10.6 Å². The predicted molar refractivity (Wildman–Crippen MR) is 37.5 cm³/mol. The van der Waals surface area contributed by atoms with Crippen molar-refractivity contribution in [3.63, 3.8) is 0 Å². The molecule has 0 aromatic carbocycles. The number of halogens is 3. The van der Waals surface area contributed by atoms with Crippen molar-refractivity contribution in [3.05, 3.63) is 0 Å². The van der Waals surface area contributed by atoms with Crippen molar-refractivity contribution in [3.8, 4) is 0 Å². The lowest BCUT2D eigenvalue weighted by molar-refractivity contribution is -0.142. The molecule has 0 aliphatic carbocycles. The van der Waals surface area contributed by atoms with Gasteiger partial charge in [-0.15, -0.1) is 0 Å². The largest absolute Gasteiger partial charge is 0.406 e. The van der Waals surface area contributed by atoms with Crippen LogP contribution >= 0.6 is 0 Å². The van der Waals surface area contributed by atoms with Crippen LogP contribution in [0.4, 0.5) is 18.0 Å². The number of primary amides is 1. The Balaban J connectivity index is 4.25. The van der Waals surface area contributed by atoms with Gasteiger partial charge in [0.2, 0.25) is 0 Å². The molecule has 2 N–H and O–H groups in total. The van der Waals surface area contributed by atoms with Gasteiger partial charge in [-0.3, -0.25) is 0 Å². The molecular formula is C6H11F3N2O. The van der Waals surface area contributed by atoms with E-state index in [2.05, 4.69) is 0 Å². The summed E-state index contributed by atoms with van der Waals surface area (Å²) in [7, 11) is 0. The summed E-state index contributed by atoms with van der Waals surface area (Å²) in [6, 6.07) is -1.59. The van der Waals surface area contributed by atoms with E-state index < -0.39 is 24.8 Å². The SMILES string of the molecule is CC(C)N(CC(F)(F)F)C(N)=O. The summed E-state index contributed by atoms with van der Waals surface area (Å²) < 4.78 is 35.3. The quantitative estimate of drug-likeness (QED) is 0.691. The minimum absolute atomic E-state index is 0.538. The lowest BCUT2D eigenvalue weighted by Crippen LogP contribution is -2.46. The third-order valence-electron chi connectivity index (χ3n) is 1.26. The predicted octanol–water partition coefficient (Wildman–Crippen LogP) is 1.34. The van der Waals surface area contributed by atoms with Crippen molar-refractivity contribution in [1.82, 2.24) is 4.90 Å². The smallest absolute Gasteiger partial charge is 0.351 e. The Bertz CT molecular complexity index is 167. The van der Waals surface area contributed by atoms with Gasteiger partial charge in [0.25, 0.3) is 0 Å². The first-order valence-corrected chi connectivity index (χ1v) is 3.37. The molecule has 72 valence electrons. The standard InChI is InChI=1S/C6H11F3N2O/c1-4(2)11(5(10)12)3-6(7,8)9/h4H,3H2,1-2H3,(H2,10,12). The van der Waals surface area contributed by atoms with E-state index in [4.69, 9.17) is 5.73 Å². The average molecular weight is 184 g/mol. The maximum Gasteiger partial charge on any atom is 0.406 e. The van der Waals surface area contributed by atoms with Crippen LogP contribution in [0.25, 0.3) is 0 Å². The number of hydrogen-bond acceptors (Lipinski definition) is 1. The maximum atomic E-state index is 11.8.